The van der Waals surface area contributed by atoms with Crippen molar-refractivity contribution >= 4 is 15.9 Å². The molecule has 0 bridgehead atoms. The number of nitrogens with one attached hydrogen (secondary N) is 1. The number of nitrogens with zero attached hydrogens (tertiary/aromatic N) is 1. The van der Waals surface area contributed by atoms with Gasteiger partial charge in [0.1, 0.15) is 5.75 Å². The maximum atomic E-state index is 12.9. The van der Waals surface area contributed by atoms with E-state index in [9.17, 15) is 13.2 Å². The van der Waals surface area contributed by atoms with Gasteiger partial charge in [-0.2, -0.15) is 4.31 Å². The van der Waals surface area contributed by atoms with Crippen molar-refractivity contribution < 1.29 is 23.1 Å². The van der Waals surface area contributed by atoms with Crippen LogP contribution in [0.3, 0.4) is 0 Å². The number of aliphatic hydroxyl groups excluding tert-OH is 1. The van der Waals surface area contributed by atoms with Gasteiger partial charge < -0.3 is 15.2 Å². The van der Waals surface area contributed by atoms with E-state index in [-0.39, 0.29) is 29.9 Å². The number of aryl methyl sites for hydroxylation is 1. The molecule has 1 aromatic carbocycles. The highest BCUT2D eigenvalue weighted by atomic mass is 32.2. The smallest absolute Gasteiger partial charge is 0.243 e. The number of rotatable bonds is 7. The van der Waals surface area contributed by atoms with Crippen molar-refractivity contribution in [2.45, 2.75) is 31.1 Å². The van der Waals surface area contributed by atoms with Crippen LogP contribution in [0.5, 0.6) is 5.75 Å². The third-order valence-electron chi connectivity index (χ3n) is 4.39. The van der Waals surface area contributed by atoms with Crippen LogP contribution in [0.4, 0.5) is 0 Å². The average molecular weight is 370 g/mol. The zero-order chi connectivity index (χ0) is 18.4. The summed E-state index contributed by atoms with van der Waals surface area (Å²) in [7, 11) is -2.10. The van der Waals surface area contributed by atoms with E-state index in [0.29, 0.717) is 38.1 Å². The minimum Gasteiger partial charge on any atom is -0.496 e. The van der Waals surface area contributed by atoms with Crippen molar-refractivity contribution in [2.24, 2.45) is 5.92 Å². The van der Waals surface area contributed by atoms with E-state index in [2.05, 4.69) is 5.32 Å². The number of aliphatic hydroxyl groups is 1. The van der Waals surface area contributed by atoms with Gasteiger partial charge in [-0.1, -0.05) is 0 Å². The first-order chi connectivity index (χ1) is 11.9. The number of carbonyl (C=O) groups excluding carboxylic acids is 1. The highest BCUT2D eigenvalue weighted by Crippen LogP contribution is 2.27. The number of hydrogen-bond donors (Lipinski definition) is 2. The Balaban J connectivity index is 2.11. The molecule has 8 heteroatoms. The molecule has 7 nitrogen and oxygen atoms in total. The first-order valence-electron chi connectivity index (χ1n) is 8.43. The normalized spacial score (nSPS) is 18.8. The summed E-state index contributed by atoms with van der Waals surface area (Å²) in [5, 5.41) is 11.5. The second-order valence-electron chi connectivity index (χ2n) is 6.20. The molecule has 1 aromatic rings. The number of methoxy groups -OCH3 is 1. The van der Waals surface area contributed by atoms with Crippen molar-refractivity contribution in [1.82, 2.24) is 9.62 Å². The first-order valence-corrected chi connectivity index (χ1v) is 9.87. The molecule has 25 heavy (non-hydrogen) atoms. The number of benzene rings is 1. The molecule has 0 radical (unpaired) electrons. The van der Waals surface area contributed by atoms with Gasteiger partial charge in [0, 0.05) is 26.2 Å². The number of carbonyl (C=O) groups is 1. The number of ether oxygens (including phenoxy) is 1. The van der Waals surface area contributed by atoms with E-state index in [1.165, 1.54) is 10.4 Å². The Labute approximate surface area is 149 Å². The molecular formula is C17H26N2O5S. The summed E-state index contributed by atoms with van der Waals surface area (Å²) in [6.07, 6.45) is 1.80. The maximum absolute atomic E-state index is 12.9. The molecule has 140 valence electrons. The molecule has 0 spiro atoms. The fourth-order valence-electron chi connectivity index (χ4n) is 2.97. The predicted octanol–water partition coefficient (Wildman–Crippen LogP) is 0.903. The van der Waals surface area contributed by atoms with E-state index >= 15 is 0 Å². The Morgan fingerprint density at radius 2 is 2.20 bits per heavy atom. The fourth-order valence-corrected chi connectivity index (χ4v) is 4.58. The molecule has 1 saturated heterocycles. The summed E-state index contributed by atoms with van der Waals surface area (Å²) in [5.74, 6) is 0.125. The summed E-state index contributed by atoms with van der Waals surface area (Å²) in [6.45, 7) is 2.80. The maximum Gasteiger partial charge on any atom is 0.243 e. The third-order valence-corrected chi connectivity index (χ3v) is 6.25. The molecule has 1 aliphatic heterocycles. The molecular weight excluding hydrogens is 344 g/mol. The van der Waals surface area contributed by atoms with Gasteiger partial charge in [-0.25, -0.2) is 8.42 Å². The lowest BCUT2D eigenvalue weighted by Gasteiger charge is -2.31. The molecule has 1 aliphatic rings. The topological polar surface area (TPSA) is 95.9 Å². The first kappa shape index (κ1) is 19.7. The van der Waals surface area contributed by atoms with Crippen LogP contribution in [0, 0.1) is 12.8 Å². The standard InChI is InChI=1S/C17H26N2O5S/c1-13-11-15(6-7-16(13)24-2)25(22,23)19-9-3-5-14(12-19)17(21)18-8-4-10-20/h6-7,11,14,20H,3-5,8-10,12H2,1-2H3,(H,18,21)/t14-/m0/s1. The minimum absolute atomic E-state index is 0.0161. The zero-order valence-electron chi connectivity index (χ0n) is 14.7. The highest BCUT2D eigenvalue weighted by molar-refractivity contribution is 7.89. The van der Waals surface area contributed by atoms with Gasteiger partial charge in [0.05, 0.1) is 17.9 Å². The quantitative estimate of drug-likeness (QED) is 0.696. The summed E-state index contributed by atoms with van der Waals surface area (Å²) in [4.78, 5) is 12.4. The van der Waals surface area contributed by atoms with Gasteiger partial charge in [0.25, 0.3) is 0 Å². The van der Waals surface area contributed by atoms with E-state index in [1.54, 1.807) is 26.2 Å². The summed E-state index contributed by atoms with van der Waals surface area (Å²) in [5.41, 5.74) is 0.749. The number of piperidine rings is 1. The van der Waals surface area contributed by atoms with Gasteiger partial charge in [-0.3, -0.25) is 4.79 Å². The van der Waals surface area contributed by atoms with E-state index < -0.39 is 10.0 Å². The summed E-state index contributed by atoms with van der Waals surface area (Å²) >= 11 is 0. The lowest BCUT2D eigenvalue weighted by molar-refractivity contribution is -0.126. The zero-order valence-corrected chi connectivity index (χ0v) is 15.5. The van der Waals surface area contributed by atoms with Crippen molar-refractivity contribution in [1.29, 1.82) is 0 Å². The monoisotopic (exact) mass is 370 g/mol. The predicted molar refractivity (Wildman–Crippen MR) is 93.9 cm³/mol. The molecule has 0 aliphatic carbocycles. The second kappa shape index (κ2) is 8.64. The number of amides is 1. The van der Waals surface area contributed by atoms with Crippen molar-refractivity contribution in [3.8, 4) is 5.75 Å². The average Bonchev–Trinajstić information content (AvgIpc) is 2.61. The molecule has 1 heterocycles. The summed E-state index contributed by atoms with van der Waals surface area (Å²) in [6, 6.07) is 4.77. The van der Waals surface area contributed by atoms with E-state index in [4.69, 9.17) is 9.84 Å². The van der Waals surface area contributed by atoms with Gasteiger partial charge in [0.15, 0.2) is 0 Å². The van der Waals surface area contributed by atoms with Gasteiger partial charge in [-0.15, -0.1) is 0 Å². The Kier molecular flexibility index (Phi) is 6.80. The van der Waals surface area contributed by atoms with Crippen LogP contribution in [0.2, 0.25) is 0 Å². The van der Waals surface area contributed by atoms with Crippen molar-refractivity contribution in [2.75, 3.05) is 33.4 Å². The molecule has 0 unspecified atom stereocenters. The van der Waals surface area contributed by atoms with Crippen LogP contribution in [-0.4, -0.2) is 57.1 Å². The van der Waals surface area contributed by atoms with Crippen molar-refractivity contribution in [3.05, 3.63) is 23.8 Å². The fraction of sp³-hybridized carbons (Fsp3) is 0.588. The molecule has 0 aromatic heterocycles. The Hall–Kier alpha value is -1.64. The van der Waals surface area contributed by atoms with E-state index in [1.807, 2.05) is 0 Å². The van der Waals surface area contributed by atoms with Gasteiger partial charge in [0.2, 0.25) is 15.9 Å². The molecule has 2 N–H and O–H groups in total. The molecule has 1 amide bonds. The highest BCUT2D eigenvalue weighted by Gasteiger charge is 2.33. The lowest BCUT2D eigenvalue weighted by atomic mass is 9.99. The molecule has 2 rings (SSSR count). The summed E-state index contributed by atoms with van der Waals surface area (Å²) < 4.78 is 32.3. The van der Waals surface area contributed by atoms with Crippen LogP contribution in [-0.2, 0) is 14.8 Å². The number of sulfonamides is 1. The molecule has 0 saturated carbocycles. The second-order valence-corrected chi connectivity index (χ2v) is 8.14. The van der Waals surface area contributed by atoms with Crippen LogP contribution in [0.15, 0.2) is 23.1 Å². The molecule has 1 atom stereocenters. The third kappa shape index (κ3) is 4.71. The largest absolute Gasteiger partial charge is 0.496 e. The SMILES string of the molecule is COc1ccc(S(=O)(=O)N2CCC[C@H](C(=O)NCCCO)C2)cc1C. The Bertz CT molecular complexity index is 705. The van der Waals surface area contributed by atoms with Gasteiger partial charge >= 0.3 is 0 Å². The molecule has 1 fully saturated rings. The van der Waals surface area contributed by atoms with Crippen LogP contribution >= 0.6 is 0 Å². The van der Waals surface area contributed by atoms with Crippen LogP contribution in [0.25, 0.3) is 0 Å². The lowest BCUT2D eigenvalue weighted by Crippen LogP contribution is -2.45. The van der Waals surface area contributed by atoms with Gasteiger partial charge in [-0.05, 0) is 49.9 Å². The number of hydrogen-bond acceptors (Lipinski definition) is 5. The Morgan fingerprint density at radius 1 is 1.44 bits per heavy atom. The van der Waals surface area contributed by atoms with Crippen LogP contribution < -0.4 is 10.1 Å². The Morgan fingerprint density at radius 3 is 2.84 bits per heavy atom. The van der Waals surface area contributed by atoms with Crippen molar-refractivity contribution in [3.63, 3.8) is 0 Å². The van der Waals surface area contributed by atoms with Crippen LogP contribution in [0.1, 0.15) is 24.8 Å². The van der Waals surface area contributed by atoms with E-state index in [0.717, 1.165) is 5.56 Å². The minimum atomic E-state index is -3.64.